The summed E-state index contributed by atoms with van der Waals surface area (Å²) in [4.78, 5) is 22.8. The fourth-order valence-electron chi connectivity index (χ4n) is 1.25. The van der Waals surface area contributed by atoms with Gasteiger partial charge in [-0.3, -0.25) is 9.59 Å². The molecule has 2 N–H and O–H groups in total. The highest BCUT2D eigenvalue weighted by Crippen LogP contribution is 2.53. The molecule has 0 heterocycles. The van der Waals surface area contributed by atoms with Crippen LogP contribution in [0.4, 0.5) is 0 Å². The highest BCUT2D eigenvalue weighted by molar-refractivity contribution is 6.52. The Morgan fingerprint density at radius 2 is 1.88 bits per heavy atom. The summed E-state index contributed by atoms with van der Waals surface area (Å²) in [6.07, 6.45) is 0.447. The van der Waals surface area contributed by atoms with Gasteiger partial charge in [-0.25, -0.2) is 0 Å². The number of halogens is 2. The maximum atomic E-state index is 11.4. The van der Waals surface area contributed by atoms with E-state index in [-0.39, 0.29) is 23.9 Å². The van der Waals surface area contributed by atoms with Gasteiger partial charge >= 0.3 is 0 Å². The highest BCUT2D eigenvalue weighted by Gasteiger charge is 2.56. The summed E-state index contributed by atoms with van der Waals surface area (Å²) in [6, 6.07) is 0. The molecule has 6 heteroatoms. The smallest absolute Gasteiger partial charge is 0.239 e. The molecule has 1 atom stereocenters. The van der Waals surface area contributed by atoms with E-state index in [1.807, 2.05) is 20.8 Å². The van der Waals surface area contributed by atoms with Crippen LogP contribution in [0.15, 0.2) is 0 Å². The summed E-state index contributed by atoms with van der Waals surface area (Å²) in [5.41, 5.74) is -0.301. The molecule has 0 bridgehead atoms. The highest BCUT2D eigenvalue weighted by atomic mass is 35.5. The number of alkyl halides is 2. The molecule has 0 spiro atoms. The number of carbonyl (C=O) groups is 2. The van der Waals surface area contributed by atoms with E-state index >= 15 is 0 Å². The van der Waals surface area contributed by atoms with Gasteiger partial charge in [0.25, 0.3) is 0 Å². The predicted molar refractivity (Wildman–Crippen MR) is 63.4 cm³/mol. The average molecular weight is 267 g/mol. The van der Waals surface area contributed by atoms with Crippen LogP contribution in [0.25, 0.3) is 0 Å². The minimum Gasteiger partial charge on any atom is -0.350 e. The quantitative estimate of drug-likeness (QED) is 0.755. The Kier molecular flexibility index (Phi) is 3.75. The van der Waals surface area contributed by atoms with Crippen LogP contribution in [0.2, 0.25) is 0 Å². The molecule has 16 heavy (non-hydrogen) atoms. The van der Waals surface area contributed by atoms with E-state index in [0.717, 1.165) is 0 Å². The van der Waals surface area contributed by atoms with Gasteiger partial charge in [-0.2, -0.15) is 0 Å². The van der Waals surface area contributed by atoms with E-state index in [0.29, 0.717) is 6.42 Å². The lowest BCUT2D eigenvalue weighted by molar-refractivity contribution is -0.127. The maximum Gasteiger partial charge on any atom is 0.239 e. The lowest BCUT2D eigenvalue weighted by atomic mass is 10.1. The van der Waals surface area contributed by atoms with Crippen molar-refractivity contribution in [3.8, 4) is 0 Å². The van der Waals surface area contributed by atoms with Crippen molar-refractivity contribution in [2.24, 2.45) is 5.92 Å². The molecule has 2 amide bonds. The fraction of sp³-hybridized carbons (Fsp3) is 0.800. The first-order chi connectivity index (χ1) is 7.12. The second-order valence-corrected chi connectivity index (χ2v) is 6.58. The molecule has 1 unspecified atom stereocenters. The van der Waals surface area contributed by atoms with E-state index in [9.17, 15) is 9.59 Å². The van der Waals surface area contributed by atoms with Gasteiger partial charge < -0.3 is 10.6 Å². The van der Waals surface area contributed by atoms with Crippen LogP contribution in [-0.2, 0) is 9.59 Å². The summed E-state index contributed by atoms with van der Waals surface area (Å²) in [7, 11) is 0. The first-order valence-electron chi connectivity index (χ1n) is 5.08. The standard InChI is InChI=1S/C10H16Cl2N2O2/c1-9(2,3)14-7(15)5-13-8(16)6-4-10(6,11)12/h6H,4-5H2,1-3H3,(H,13,16)(H,14,15). The van der Waals surface area contributed by atoms with Crippen LogP contribution in [0, 0.1) is 5.92 Å². The van der Waals surface area contributed by atoms with Crippen molar-refractivity contribution in [2.75, 3.05) is 6.54 Å². The van der Waals surface area contributed by atoms with Crippen LogP contribution >= 0.6 is 23.2 Å². The Morgan fingerprint density at radius 3 is 2.25 bits per heavy atom. The van der Waals surface area contributed by atoms with Crippen LogP contribution < -0.4 is 10.6 Å². The van der Waals surface area contributed by atoms with Crippen molar-refractivity contribution in [1.29, 1.82) is 0 Å². The SMILES string of the molecule is CC(C)(C)NC(=O)CNC(=O)C1CC1(Cl)Cl. The zero-order chi connectivity index (χ0) is 12.6. The summed E-state index contributed by atoms with van der Waals surface area (Å²) in [5.74, 6) is -0.886. The molecule has 1 fully saturated rings. The van der Waals surface area contributed by atoms with Gasteiger partial charge in [0.05, 0.1) is 12.5 Å². The molecule has 0 aliphatic heterocycles. The van der Waals surface area contributed by atoms with Gasteiger partial charge in [-0.05, 0) is 27.2 Å². The van der Waals surface area contributed by atoms with Crippen molar-refractivity contribution in [2.45, 2.75) is 37.1 Å². The van der Waals surface area contributed by atoms with Gasteiger partial charge in [0.2, 0.25) is 11.8 Å². The number of nitrogens with one attached hydrogen (secondary N) is 2. The molecule has 92 valence electrons. The third kappa shape index (κ3) is 4.18. The number of carbonyl (C=O) groups excluding carboxylic acids is 2. The number of hydrogen-bond donors (Lipinski definition) is 2. The number of amides is 2. The maximum absolute atomic E-state index is 11.4. The predicted octanol–water partition coefficient (Wildman–Crippen LogP) is 1.21. The molecule has 0 radical (unpaired) electrons. The number of rotatable bonds is 3. The fourth-order valence-corrected chi connectivity index (χ4v) is 1.76. The first kappa shape index (κ1) is 13.6. The summed E-state index contributed by atoms with van der Waals surface area (Å²) in [6.45, 7) is 5.57. The van der Waals surface area contributed by atoms with E-state index < -0.39 is 10.3 Å². The second kappa shape index (κ2) is 4.41. The molecule has 4 nitrogen and oxygen atoms in total. The molecule has 0 saturated heterocycles. The largest absolute Gasteiger partial charge is 0.350 e. The first-order valence-corrected chi connectivity index (χ1v) is 5.84. The molecule has 1 aliphatic carbocycles. The molecule has 1 saturated carbocycles. The number of hydrogen-bond acceptors (Lipinski definition) is 2. The van der Waals surface area contributed by atoms with Crippen molar-refractivity contribution < 1.29 is 9.59 Å². The van der Waals surface area contributed by atoms with Gasteiger partial charge in [0.1, 0.15) is 4.33 Å². The van der Waals surface area contributed by atoms with Crippen LogP contribution in [0.3, 0.4) is 0 Å². The third-order valence-corrected chi connectivity index (χ3v) is 2.92. The Hall–Kier alpha value is -0.480. The molecule has 0 aromatic carbocycles. The molecule has 0 aromatic rings. The van der Waals surface area contributed by atoms with E-state index in [1.165, 1.54) is 0 Å². The van der Waals surface area contributed by atoms with Gasteiger partial charge in [-0.1, -0.05) is 0 Å². The molecule has 1 rings (SSSR count). The summed E-state index contributed by atoms with van der Waals surface area (Å²) >= 11 is 11.5. The zero-order valence-electron chi connectivity index (χ0n) is 9.56. The molecule has 0 aromatic heterocycles. The Bertz CT molecular complexity index is 310. The van der Waals surface area contributed by atoms with Gasteiger partial charge in [-0.15, -0.1) is 23.2 Å². The Labute approximate surface area is 105 Å². The van der Waals surface area contributed by atoms with E-state index in [1.54, 1.807) is 0 Å². The minimum atomic E-state index is -0.940. The lowest BCUT2D eigenvalue weighted by Gasteiger charge is -2.20. The van der Waals surface area contributed by atoms with Crippen molar-refractivity contribution in [1.82, 2.24) is 10.6 Å². The normalized spacial score (nSPS) is 22.4. The second-order valence-electron chi connectivity index (χ2n) is 5.03. The van der Waals surface area contributed by atoms with Crippen molar-refractivity contribution in [3.05, 3.63) is 0 Å². The summed E-state index contributed by atoms with van der Waals surface area (Å²) < 4.78 is -0.940. The van der Waals surface area contributed by atoms with Crippen LogP contribution in [-0.4, -0.2) is 28.2 Å². The monoisotopic (exact) mass is 266 g/mol. The molecule has 1 aliphatic rings. The minimum absolute atomic E-state index is 0.0452. The Morgan fingerprint density at radius 1 is 1.38 bits per heavy atom. The topological polar surface area (TPSA) is 58.2 Å². The van der Waals surface area contributed by atoms with E-state index in [4.69, 9.17) is 23.2 Å². The van der Waals surface area contributed by atoms with Crippen LogP contribution in [0.5, 0.6) is 0 Å². The zero-order valence-corrected chi connectivity index (χ0v) is 11.1. The van der Waals surface area contributed by atoms with Crippen molar-refractivity contribution in [3.63, 3.8) is 0 Å². The summed E-state index contributed by atoms with van der Waals surface area (Å²) in [5, 5.41) is 5.24. The lowest BCUT2D eigenvalue weighted by Crippen LogP contribution is -2.46. The van der Waals surface area contributed by atoms with E-state index in [2.05, 4.69) is 10.6 Å². The van der Waals surface area contributed by atoms with Crippen LogP contribution in [0.1, 0.15) is 27.2 Å². The van der Waals surface area contributed by atoms with Gasteiger partial charge in [0.15, 0.2) is 0 Å². The third-order valence-electron chi connectivity index (χ3n) is 2.08. The molecular weight excluding hydrogens is 251 g/mol. The average Bonchev–Trinajstić information content (AvgIpc) is 2.68. The molecular formula is C10H16Cl2N2O2. The Balaban J connectivity index is 2.25. The van der Waals surface area contributed by atoms with Gasteiger partial charge in [0, 0.05) is 5.54 Å². The van der Waals surface area contributed by atoms with Crippen molar-refractivity contribution >= 4 is 35.0 Å².